The maximum absolute atomic E-state index is 13.1. The summed E-state index contributed by atoms with van der Waals surface area (Å²) in [6.45, 7) is 3.74. The van der Waals surface area contributed by atoms with Crippen molar-refractivity contribution >= 4 is 11.5 Å². The maximum Gasteiger partial charge on any atom is 0.132 e. The van der Waals surface area contributed by atoms with Gasteiger partial charge in [-0.2, -0.15) is 0 Å². The van der Waals surface area contributed by atoms with Gasteiger partial charge in [0.05, 0.1) is 0 Å². The summed E-state index contributed by atoms with van der Waals surface area (Å²) in [6, 6.07) is 9.22. The van der Waals surface area contributed by atoms with Crippen molar-refractivity contribution < 1.29 is 4.39 Å². The lowest BCUT2D eigenvalue weighted by Crippen LogP contribution is -2.35. The van der Waals surface area contributed by atoms with E-state index in [-0.39, 0.29) is 5.82 Å². The monoisotopic (exact) mass is 341 g/mol. The Morgan fingerprint density at radius 1 is 0.960 bits per heavy atom. The van der Waals surface area contributed by atoms with Crippen LogP contribution < -0.4 is 15.5 Å². The van der Waals surface area contributed by atoms with Crippen LogP contribution in [0.5, 0.6) is 0 Å². The number of aromatic nitrogens is 2. The topological polar surface area (TPSA) is 58.3 Å². The SMILES string of the molecule is NC1CC(c2cc(N3CCCN(c4ccc(F)cc4)CC3)ncn2)C1. The Hall–Kier alpha value is -2.21. The summed E-state index contributed by atoms with van der Waals surface area (Å²) in [5, 5.41) is 0. The standard InChI is InChI=1S/C19H24FN5/c20-15-2-4-17(5-3-15)24-6-1-7-25(9-8-24)19-12-18(22-13-23-19)14-10-16(21)11-14/h2-5,12-14,16H,1,6-11,21H2. The van der Waals surface area contributed by atoms with Crippen molar-refractivity contribution in [1.29, 1.82) is 0 Å². The van der Waals surface area contributed by atoms with Crippen LogP contribution in [0.1, 0.15) is 30.9 Å². The molecule has 2 aromatic rings. The van der Waals surface area contributed by atoms with Gasteiger partial charge >= 0.3 is 0 Å². The summed E-state index contributed by atoms with van der Waals surface area (Å²) in [5.74, 6) is 1.30. The molecule has 0 radical (unpaired) electrons. The molecule has 2 N–H and O–H groups in total. The number of nitrogens with two attached hydrogens (primary N) is 1. The summed E-state index contributed by atoms with van der Waals surface area (Å²) in [6.07, 6.45) is 4.77. The van der Waals surface area contributed by atoms with Gasteiger partial charge in [-0.3, -0.25) is 0 Å². The highest BCUT2D eigenvalue weighted by atomic mass is 19.1. The Morgan fingerprint density at radius 2 is 1.68 bits per heavy atom. The van der Waals surface area contributed by atoms with Crippen molar-refractivity contribution in [1.82, 2.24) is 9.97 Å². The molecule has 1 saturated carbocycles. The lowest BCUT2D eigenvalue weighted by molar-refractivity contribution is 0.345. The quantitative estimate of drug-likeness (QED) is 0.930. The van der Waals surface area contributed by atoms with Crippen LogP contribution in [0.15, 0.2) is 36.7 Å². The second-order valence-electron chi connectivity index (χ2n) is 7.03. The van der Waals surface area contributed by atoms with Gasteiger partial charge in [0.1, 0.15) is 18.0 Å². The minimum atomic E-state index is -0.190. The first-order chi connectivity index (χ1) is 12.2. The average Bonchev–Trinajstić information content (AvgIpc) is 2.86. The first kappa shape index (κ1) is 16.3. The minimum absolute atomic E-state index is 0.190. The Kier molecular flexibility index (Phi) is 4.53. The van der Waals surface area contributed by atoms with E-state index < -0.39 is 0 Å². The van der Waals surface area contributed by atoms with Crippen molar-refractivity contribution in [2.75, 3.05) is 36.0 Å². The molecule has 0 unspecified atom stereocenters. The fraction of sp³-hybridized carbons (Fsp3) is 0.474. The Morgan fingerprint density at radius 3 is 2.44 bits per heavy atom. The normalized spacial score (nSPS) is 23.9. The number of hydrogen-bond acceptors (Lipinski definition) is 5. The highest BCUT2D eigenvalue weighted by Crippen LogP contribution is 2.35. The molecular formula is C19H24FN5. The molecule has 132 valence electrons. The van der Waals surface area contributed by atoms with Gasteiger partial charge in [-0.1, -0.05) is 0 Å². The van der Waals surface area contributed by atoms with Gasteiger partial charge in [-0.05, 0) is 43.5 Å². The van der Waals surface area contributed by atoms with Crippen LogP contribution in [0, 0.1) is 5.82 Å². The van der Waals surface area contributed by atoms with Crippen LogP contribution in [-0.4, -0.2) is 42.2 Å². The van der Waals surface area contributed by atoms with Gasteiger partial charge < -0.3 is 15.5 Å². The third-order valence-corrected chi connectivity index (χ3v) is 5.28. The van der Waals surface area contributed by atoms with E-state index in [1.54, 1.807) is 6.33 Å². The zero-order chi connectivity index (χ0) is 17.2. The van der Waals surface area contributed by atoms with E-state index >= 15 is 0 Å². The molecule has 1 aromatic heterocycles. The number of hydrogen-bond donors (Lipinski definition) is 1. The number of anilines is 2. The van der Waals surface area contributed by atoms with Crippen molar-refractivity contribution in [2.24, 2.45) is 5.73 Å². The van der Waals surface area contributed by atoms with Crippen LogP contribution in [0.3, 0.4) is 0 Å². The Bertz CT molecular complexity index is 714. The molecular weight excluding hydrogens is 317 g/mol. The predicted molar refractivity (Wildman–Crippen MR) is 97.4 cm³/mol. The first-order valence-corrected chi connectivity index (χ1v) is 9.02. The van der Waals surface area contributed by atoms with Crippen LogP contribution >= 0.6 is 0 Å². The van der Waals surface area contributed by atoms with E-state index in [1.165, 1.54) is 12.1 Å². The third kappa shape index (κ3) is 3.58. The van der Waals surface area contributed by atoms with Crippen LogP contribution in [0.4, 0.5) is 15.9 Å². The highest BCUT2D eigenvalue weighted by molar-refractivity contribution is 5.48. The molecule has 6 heteroatoms. The summed E-state index contributed by atoms with van der Waals surface area (Å²) in [5.41, 5.74) is 8.10. The predicted octanol–water partition coefficient (Wildman–Crippen LogP) is 2.54. The molecule has 1 saturated heterocycles. The fourth-order valence-electron chi connectivity index (χ4n) is 3.72. The highest BCUT2D eigenvalue weighted by Gasteiger charge is 2.29. The second-order valence-corrected chi connectivity index (χ2v) is 7.03. The molecule has 2 aliphatic rings. The zero-order valence-corrected chi connectivity index (χ0v) is 14.3. The number of rotatable bonds is 3. The van der Waals surface area contributed by atoms with E-state index in [1.807, 2.05) is 12.1 Å². The van der Waals surface area contributed by atoms with Gasteiger partial charge in [0, 0.05) is 55.6 Å². The number of benzene rings is 1. The Balaban J connectivity index is 1.44. The van der Waals surface area contributed by atoms with Crippen LogP contribution in [0.2, 0.25) is 0 Å². The molecule has 1 aliphatic carbocycles. The molecule has 25 heavy (non-hydrogen) atoms. The lowest BCUT2D eigenvalue weighted by atomic mass is 9.78. The van der Waals surface area contributed by atoms with Crippen LogP contribution in [0.25, 0.3) is 0 Å². The second kappa shape index (κ2) is 6.96. The smallest absolute Gasteiger partial charge is 0.132 e. The van der Waals surface area contributed by atoms with E-state index in [0.29, 0.717) is 12.0 Å². The minimum Gasteiger partial charge on any atom is -0.370 e. The summed E-state index contributed by atoms with van der Waals surface area (Å²) in [7, 11) is 0. The van der Waals surface area contributed by atoms with Crippen LogP contribution in [-0.2, 0) is 0 Å². The fourth-order valence-corrected chi connectivity index (χ4v) is 3.72. The van der Waals surface area contributed by atoms with Gasteiger partial charge in [0.15, 0.2) is 0 Å². The van der Waals surface area contributed by atoms with Crippen molar-refractivity contribution in [3.05, 3.63) is 48.2 Å². The molecule has 4 rings (SSSR count). The largest absolute Gasteiger partial charge is 0.370 e. The van der Waals surface area contributed by atoms with Crippen molar-refractivity contribution in [3.8, 4) is 0 Å². The first-order valence-electron chi connectivity index (χ1n) is 9.02. The van der Waals surface area contributed by atoms with Crippen molar-refractivity contribution in [3.63, 3.8) is 0 Å². The zero-order valence-electron chi connectivity index (χ0n) is 14.3. The van der Waals surface area contributed by atoms with Gasteiger partial charge in [0.25, 0.3) is 0 Å². The van der Waals surface area contributed by atoms with Gasteiger partial charge in [0.2, 0.25) is 0 Å². The Labute approximate surface area is 147 Å². The molecule has 1 aliphatic heterocycles. The van der Waals surface area contributed by atoms with Gasteiger partial charge in [-0.15, -0.1) is 0 Å². The summed E-state index contributed by atoms with van der Waals surface area (Å²) in [4.78, 5) is 13.6. The number of halogens is 1. The molecule has 5 nitrogen and oxygen atoms in total. The summed E-state index contributed by atoms with van der Waals surface area (Å²) < 4.78 is 13.1. The van der Waals surface area contributed by atoms with Crippen molar-refractivity contribution in [2.45, 2.75) is 31.2 Å². The maximum atomic E-state index is 13.1. The molecule has 2 heterocycles. The summed E-state index contributed by atoms with van der Waals surface area (Å²) >= 11 is 0. The van der Waals surface area contributed by atoms with Gasteiger partial charge in [-0.25, -0.2) is 14.4 Å². The van der Waals surface area contributed by atoms with E-state index in [4.69, 9.17) is 5.73 Å². The van der Waals surface area contributed by atoms with E-state index in [2.05, 4.69) is 25.8 Å². The number of nitrogens with zero attached hydrogens (tertiary/aromatic N) is 4. The third-order valence-electron chi connectivity index (χ3n) is 5.28. The molecule has 0 bridgehead atoms. The van der Waals surface area contributed by atoms with E-state index in [0.717, 1.165) is 62.6 Å². The molecule has 2 fully saturated rings. The van der Waals surface area contributed by atoms with E-state index in [9.17, 15) is 4.39 Å². The molecule has 0 spiro atoms. The lowest BCUT2D eigenvalue weighted by Gasteiger charge is -2.32. The molecule has 1 aromatic carbocycles. The average molecular weight is 341 g/mol. The molecule has 0 atom stereocenters. The molecule has 0 amide bonds.